The maximum Gasteiger partial charge on any atom is 0.256 e. The lowest BCUT2D eigenvalue weighted by atomic mass is 9.91. The molecule has 114 valence electrons. The number of benzene rings is 1. The van der Waals surface area contributed by atoms with Crippen LogP contribution in [-0.2, 0) is 16.0 Å². The van der Waals surface area contributed by atoms with Gasteiger partial charge in [-0.15, -0.1) is 0 Å². The van der Waals surface area contributed by atoms with Gasteiger partial charge < -0.3 is 15.2 Å². The van der Waals surface area contributed by atoms with Gasteiger partial charge in [-0.3, -0.25) is 4.79 Å². The smallest absolute Gasteiger partial charge is 0.256 e. The van der Waals surface area contributed by atoms with Crippen molar-refractivity contribution in [2.24, 2.45) is 0 Å². The maximum atomic E-state index is 12.4. The molecule has 0 aromatic heterocycles. The SMILES string of the molecule is CCc1cc(Br)cc(C)c1C1=C(O)C(C)(COC)NC1=O. The van der Waals surface area contributed by atoms with Crippen LogP contribution in [0, 0.1) is 6.92 Å². The largest absolute Gasteiger partial charge is 0.509 e. The van der Waals surface area contributed by atoms with Crippen LogP contribution in [-0.4, -0.2) is 30.3 Å². The number of amides is 1. The van der Waals surface area contributed by atoms with E-state index in [4.69, 9.17) is 4.74 Å². The number of carbonyl (C=O) groups is 1. The molecule has 1 amide bonds. The van der Waals surface area contributed by atoms with Crippen LogP contribution in [0.5, 0.6) is 0 Å². The minimum absolute atomic E-state index is 0.0504. The number of ether oxygens (including phenoxy) is 1. The Morgan fingerprint density at radius 3 is 2.67 bits per heavy atom. The van der Waals surface area contributed by atoms with Crippen molar-refractivity contribution in [2.75, 3.05) is 13.7 Å². The highest BCUT2D eigenvalue weighted by molar-refractivity contribution is 9.10. The third-order valence-corrected chi connectivity index (χ3v) is 4.28. The third kappa shape index (κ3) is 2.72. The molecule has 1 aromatic carbocycles. The molecule has 1 aliphatic rings. The quantitative estimate of drug-likeness (QED) is 0.874. The summed E-state index contributed by atoms with van der Waals surface area (Å²) in [4.78, 5) is 12.4. The first-order valence-corrected chi connectivity index (χ1v) is 7.68. The number of aryl methyl sites for hydroxylation is 2. The van der Waals surface area contributed by atoms with E-state index in [-0.39, 0.29) is 18.3 Å². The zero-order valence-electron chi connectivity index (χ0n) is 12.7. The average molecular weight is 354 g/mol. The Bertz CT molecular complexity index is 624. The van der Waals surface area contributed by atoms with E-state index in [1.165, 1.54) is 0 Å². The van der Waals surface area contributed by atoms with Crippen molar-refractivity contribution in [3.63, 3.8) is 0 Å². The number of carbonyl (C=O) groups excluding carboxylic acids is 1. The Kier molecular flexibility index (Phi) is 4.44. The van der Waals surface area contributed by atoms with Crippen LogP contribution < -0.4 is 5.32 Å². The average Bonchev–Trinajstić information content (AvgIpc) is 2.61. The van der Waals surface area contributed by atoms with Crippen molar-refractivity contribution in [1.82, 2.24) is 5.32 Å². The van der Waals surface area contributed by atoms with Gasteiger partial charge in [0.15, 0.2) is 0 Å². The van der Waals surface area contributed by atoms with Gasteiger partial charge in [-0.05, 0) is 49.1 Å². The van der Waals surface area contributed by atoms with Crippen LogP contribution in [0.3, 0.4) is 0 Å². The number of aliphatic hydroxyl groups excluding tert-OH is 1. The summed E-state index contributed by atoms with van der Waals surface area (Å²) in [5, 5.41) is 13.4. The van der Waals surface area contributed by atoms with Crippen LogP contribution in [0.25, 0.3) is 5.57 Å². The van der Waals surface area contributed by atoms with Crippen LogP contribution in [0.2, 0.25) is 0 Å². The Morgan fingerprint density at radius 1 is 1.43 bits per heavy atom. The van der Waals surface area contributed by atoms with Gasteiger partial charge >= 0.3 is 0 Å². The van der Waals surface area contributed by atoms with E-state index in [1.807, 2.05) is 26.0 Å². The lowest BCUT2D eigenvalue weighted by Gasteiger charge is -2.23. The molecule has 4 nitrogen and oxygen atoms in total. The summed E-state index contributed by atoms with van der Waals surface area (Å²) in [5.41, 5.74) is 2.29. The Labute approximate surface area is 133 Å². The normalized spacial score (nSPS) is 21.9. The van der Waals surface area contributed by atoms with Gasteiger partial charge in [-0.2, -0.15) is 0 Å². The topological polar surface area (TPSA) is 58.6 Å². The molecule has 0 spiro atoms. The molecular formula is C16H20BrNO3. The molecule has 1 atom stereocenters. The zero-order valence-corrected chi connectivity index (χ0v) is 14.3. The summed E-state index contributed by atoms with van der Waals surface area (Å²) in [6.07, 6.45) is 0.778. The molecule has 1 aromatic rings. The lowest BCUT2D eigenvalue weighted by Crippen LogP contribution is -2.45. The van der Waals surface area contributed by atoms with E-state index < -0.39 is 5.54 Å². The summed E-state index contributed by atoms with van der Waals surface area (Å²) >= 11 is 3.47. The van der Waals surface area contributed by atoms with E-state index in [0.29, 0.717) is 5.57 Å². The van der Waals surface area contributed by atoms with Gasteiger partial charge in [-0.1, -0.05) is 22.9 Å². The molecule has 0 radical (unpaired) electrons. The molecule has 5 heteroatoms. The fraction of sp³-hybridized carbons (Fsp3) is 0.438. The van der Waals surface area contributed by atoms with Crippen LogP contribution >= 0.6 is 15.9 Å². The van der Waals surface area contributed by atoms with Crippen LogP contribution in [0.1, 0.15) is 30.5 Å². The summed E-state index contributed by atoms with van der Waals surface area (Å²) in [7, 11) is 1.55. The minimum Gasteiger partial charge on any atom is -0.509 e. The minimum atomic E-state index is -0.869. The van der Waals surface area contributed by atoms with E-state index in [1.54, 1.807) is 14.0 Å². The van der Waals surface area contributed by atoms with Gasteiger partial charge in [0.2, 0.25) is 0 Å². The summed E-state index contributed by atoms with van der Waals surface area (Å²) in [5.74, 6) is -0.207. The second-order valence-corrected chi connectivity index (χ2v) is 6.47. The molecule has 0 aliphatic carbocycles. The molecule has 1 unspecified atom stereocenters. The highest BCUT2D eigenvalue weighted by atomic mass is 79.9. The molecule has 21 heavy (non-hydrogen) atoms. The molecule has 2 rings (SSSR count). The van der Waals surface area contributed by atoms with Gasteiger partial charge in [0.25, 0.3) is 5.91 Å². The number of rotatable bonds is 4. The molecule has 0 saturated heterocycles. The second-order valence-electron chi connectivity index (χ2n) is 5.55. The maximum absolute atomic E-state index is 12.4. The molecule has 1 heterocycles. The van der Waals surface area contributed by atoms with Gasteiger partial charge in [0.1, 0.15) is 11.3 Å². The first kappa shape index (κ1) is 16.0. The number of methoxy groups -OCH3 is 1. The first-order valence-electron chi connectivity index (χ1n) is 6.88. The standard InChI is InChI=1S/C16H20BrNO3/c1-5-10-7-11(17)6-9(2)12(10)13-14(19)16(3,8-21-4)18-15(13)20/h6-7,19H,5,8H2,1-4H3,(H,18,20). The molecule has 0 bridgehead atoms. The second kappa shape index (κ2) is 5.81. The summed E-state index contributed by atoms with van der Waals surface area (Å²) in [6, 6.07) is 3.94. The van der Waals surface area contributed by atoms with Crippen molar-refractivity contribution in [3.05, 3.63) is 39.1 Å². The monoisotopic (exact) mass is 353 g/mol. The highest BCUT2D eigenvalue weighted by Crippen LogP contribution is 2.36. The van der Waals surface area contributed by atoms with Crippen molar-refractivity contribution < 1.29 is 14.6 Å². The first-order chi connectivity index (χ1) is 9.84. The van der Waals surface area contributed by atoms with Crippen molar-refractivity contribution in [3.8, 4) is 0 Å². The number of aliphatic hydroxyl groups is 1. The molecule has 0 saturated carbocycles. The molecular weight excluding hydrogens is 334 g/mol. The predicted octanol–water partition coefficient (Wildman–Crippen LogP) is 3.12. The Balaban J connectivity index is 2.66. The number of halogens is 1. The summed E-state index contributed by atoms with van der Waals surface area (Å²) < 4.78 is 6.09. The van der Waals surface area contributed by atoms with Crippen LogP contribution in [0.4, 0.5) is 0 Å². The van der Waals surface area contributed by atoms with Gasteiger partial charge in [0, 0.05) is 11.6 Å². The molecule has 2 N–H and O–H groups in total. The van der Waals surface area contributed by atoms with Crippen molar-refractivity contribution in [2.45, 2.75) is 32.7 Å². The van der Waals surface area contributed by atoms with Gasteiger partial charge in [0.05, 0.1) is 12.2 Å². The molecule has 0 fully saturated rings. The summed E-state index contributed by atoms with van der Waals surface area (Å²) in [6.45, 7) is 5.96. The fourth-order valence-electron chi connectivity index (χ4n) is 2.83. The van der Waals surface area contributed by atoms with Gasteiger partial charge in [-0.25, -0.2) is 0 Å². The Morgan fingerprint density at radius 2 is 2.10 bits per heavy atom. The molecule has 1 aliphatic heterocycles. The van der Waals surface area contributed by atoms with E-state index in [0.717, 1.165) is 27.6 Å². The van der Waals surface area contributed by atoms with E-state index >= 15 is 0 Å². The predicted molar refractivity (Wildman–Crippen MR) is 86.2 cm³/mol. The third-order valence-electron chi connectivity index (χ3n) is 3.82. The van der Waals surface area contributed by atoms with E-state index in [2.05, 4.69) is 21.2 Å². The fourth-order valence-corrected chi connectivity index (χ4v) is 3.45. The zero-order chi connectivity index (χ0) is 15.8. The van der Waals surface area contributed by atoms with Crippen LogP contribution in [0.15, 0.2) is 22.4 Å². The number of nitrogens with one attached hydrogen (secondary N) is 1. The van der Waals surface area contributed by atoms with Crippen molar-refractivity contribution >= 4 is 27.4 Å². The number of hydrogen-bond acceptors (Lipinski definition) is 3. The van der Waals surface area contributed by atoms with E-state index in [9.17, 15) is 9.90 Å². The number of hydrogen-bond donors (Lipinski definition) is 2. The highest BCUT2D eigenvalue weighted by Gasteiger charge is 2.43. The Hall–Kier alpha value is -1.33. The lowest BCUT2D eigenvalue weighted by molar-refractivity contribution is -0.116. The van der Waals surface area contributed by atoms with Crippen molar-refractivity contribution in [1.29, 1.82) is 0 Å².